The second-order valence-corrected chi connectivity index (χ2v) is 5.59. The summed E-state index contributed by atoms with van der Waals surface area (Å²) >= 11 is 0.758. The highest BCUT2D eigenvalue weighted by Gasteiger charge is 2.40. The molecule has 10 heteroatoms. The zero-order valence-corrected chi connectivity index (χ0v) is 12.8. The van der Waals surface area contributed by atoms with E-state index in [9.17, 15) is 24.5 Å². The van der Waals surface area contributed by atoms with Crippen molar-refractivity contribution in [3.05, 3.63) is 34.4 Å². The van der Waals surface area contributed by atoms with E-state index in [0.29, 0.717) is 0 Å². The molecule has 1 heterocycles. The van der Waals surface area contributed by atoms with Gasteiger partial charge in [-0.25, -0.2) is 4.79 Å². The molecule has 1 amide bonds. The van der Waals surface area contributed by atoms with Crippen molar-refractivity contribution < 1.29 is 28.8 Å². The molecule has 0 saturated carbocycles. The van der Waals surface area contributed by atoms with E-state index in [0.717, 1.165) is 11.8 Å². The summed E-state index contributed by atoms with van der Waals surface area (Å²) < 4.78 is 9.49. The fraction of sp³-hybridized carbons (Fsp3) is 0.308. The fourth-order valence-electron chi connectivity index (χ4n) is 1.79. The van der Waals surface area contributed by atoms with Crippen molar-refractivity contribution in [2.45, 2.75) is 11.8 Å². The van der Waals surface area contributed by atoms with Crippen LogP contribution in [0.3, 0.4) is 0 Å². The minimum atomic E-state index is -0.675. The molecule has 1 unspecified atom stereocenters. The zero-order chi connectivity index (χ0) is 17.0. The molecule has 9 nitrogen and oxygen atoms in total. The van der Waals surface area contributed by atoms with E-state index < -0.39 is 21.6 Å². The Morgan fingerprint density at radius 1 is 1.39 bits per heavy atom. The predicted molar refractivity (Wildman–Crippen MR) is 78.8 cm³/mol. The van der Waals surface area contributed by atoms with Crippen molar-refractivity contribution in [2.75, 3.05) is 13.7 Å². The second kappa shape index (κ2) is 7.09. The van der Waals surface area contributed by atoms with Gasteiger partial charge in [0, 0.05) is 12.1 Å². The maximum absolute atomic E-state index is 11.8. The quantitative estimate of drug-likeness (QED) is 0.343. The minimum absolute atomic E-state index is 0.119. The van der Waals surface area contributed by atoms with Gasteiger partial charge >= 0.3 is 11.3 Å². The topological polar surface area (TPSA) is 116 Å². The number of nitro benzene ring substituents is 1. The van der Waals surface area contributed by atoms with E-state index in [1.54, 1.807) is 0 Å². The molecular weight excluding hydrogens is 328 g/mol. The number of hydrogen-bond acceptors (Lipinski definition) is 8. The summed E-state index contributed by atoms with van der Waals surface area (Å²) in [5.41, 5.74) is -0.119. The van der Waals surface area contributed by atoms with Crippen LogP contribution in [0.1, 0.15) is 6.42 Å². The molecule has 1 aromatic rings. The molecule has 0 N–H and O–H groups in total. The number of non-ortho nitro benzene ring substituents is 1. The molecule has 1 aromatic carbocycles. The third-order valence-corrected chi connectivity index (χ3v) is 3.99. The third-order valence-electron chi connectivity index (χ3n) is 3.03. The van der Waals surface area contributed by atoms with Crippen LogP contribution in [-0.2, 0) is 14.3 Å². The number of β-lactam (4-membered cyclic amide) rings is 1. The molecule has 0 radical (unpaired) electrons. The van der Waals surface area contributed by atoms with Gasteiger partial charge in [-0.3, -0.25) is 19.7 Å². The number of thioether (sulfide) groups is 1. The Labute approximate surface area is 134 Å². The van der Waals surface area contributed by atoms with Gasteiger partial charge in [-0.15, -0.1) is 0 Å². The van der Waals surface area contributed by atoms with Crippen LogP contribution in [-0.4, -0.2) is 46.0 Å². The average molecular weight is 340 g/mol. The summed E-state index contributed by atoms with van der Waals surface area (Å²) in [7, 11) is 1.21. The van der Waals surface area contributed by atoms with Gasteiger partial charge in [-0.05, 0) is 23.9 Å². The number of rotatable bonds is 5. The van der Waals surface area contributed by atoms with Gasteiger partial charge in [0.2, 0.25) is 5.91 Å². The number of amides is 1. The molecule has 0 aliphatic carbocycles. The maximum atomic E-state index is 11.8. The largest absolute Gasteiger partial charge is 0.468 e. The van der Waals surface area contributed by atoms with Crippen molar-refractivity contribution in [3.8, 4) is 5.75 Å². The van der Waals surface area contributed by atoms with Gasteiger partial charge in [-0.2, -0.15) is 0 Å². The highest BCUT2D eigenvalue weighted by Crippen LogP contribution is 2.31. The van der Waals surface area contributed by atoms with E-state index in [-0.39, 0.29) is 30.3 Å². The predicted octanol–water partition coefficient (Wildman–Crippen LogP) is 1.56. The minimum Gasteiger partial charge on any atom is -0.468 e. The van der Waals surface area contributed by atoms with Gasteiger partial charge in [0.1, 0.15) is 12.3 Å². The second-order valence-electron chi connectivity index (χ2n) is 4.48. The first-order valence-corrected chi connectivity index (χ1v) is 7.28. The summed E-state index contributed by atoms with van der Waals surface area (Å²) in [6.45, 7) is -0.224. The normalized spacial score (nSPS) is 16.5. The van der Waals surface area contributed by atoms with Crippen LogP contribution in [0, 0.1) is 10.1 Å². The van der Waals surface area contributed by atoms with Crippen LogP contribution < -0.4 is 4.74 Å². The summed E-state index contributed by atoms with van der Waals surface area (Å²) in [6, 6.07) is 5.02. The molecular formula is C13H12N2O7S. The molecule has 0 spiro atoms. The van der Waals surface area contributed by atoms with Crippen LogP contribution in [0.15, 0.2) is 24.3 Å². The number of benzene rings is 1. The summed E-state index contributed by atoms with van der Waals surface area (Å²) in [4.78, 5) is 45.6. The Kier molecular flexibility index (Phi) is 5.16. The van der Waals surface area contributed by atoms with E-state index in [1.807, 2.05) is 0 Å². The first-order chi connectivity index (χ1) is 10.9. The number of nitro groups is 1. The highest BCUT2D eigenvalue weighted by molar-refractivity contribution is 8.13. The monoisotopic (exact) mass is 340 g/mol. The number of esters is 1. The molecule has 0 bridgehead atoms. The van der Waals surface area contributed by atoms with E-state index in [1.165, 1.54) is 36.3 Å². The van der Waals surface area contributed by atoms with Gasteiger partial charge in [-0.1, -0.05) is 0 Å². The Hall–Kier alpha value is -2.62. The van der Waals surface area contributed by atoms with Crippen LogP contribution in [0.25, 0.3) is 0 Å². The van der Waals surface area contributed by atoms with Crippen molar-refractivity contribution >= 4 is 34.6 Å². The fourth-order valence-corrected chi connectivity index (χ4v) is 2.70. The van der Waals surface area contributed by atoms with E-state index >= 15 is 0 Å². The van der Waals surface area contributed by atoms with Crippen LogP contribution in [0.2, 0.25) is 0 Å². The SMILES string of the molecule is COC(=O)CN1C(=O)CC1SC(=O)Oc1ccc([N+](=O)[O-])cc1. The third kappa shape index (κ3) is 4.19. The number of likely N-dealkylation sites (tertiary alicyclic amines) is 1. The molecule has 2 rings (SSSR count). The molecule has 1 atom stereocenters. The van der Waals surface area contributed by atoms with Gasteiger partial charge < -0.3 is 14.4 Å². The lowest BCUT2D eigenvalue weighted by molar-refractivity contribution is -0.384. The van der Waals surface area contributed by atoms with E-state index in [2.05, 4.69) is 4.74 Å². The molecule has 1 aliphatic rings. The number of carbonyl (C=O) groups is 3. The number of methoxy groups -OCH3 is 1. The lowest BCUT2D eigenvalue weighted by Crippen LogP contribution is -2.53. The summed E-state index contributed by atoms with van der Waals surface area (Å²) in [5.74, 6) is -0.679. The summed E-state index contributed by atoms with van der Waals surface area (Å²) in [6.07, 6.45) is 0.122. The van der Waals surface area contributed by atoms with Crippen LogP contribution in [0.5, 0.6) is 5.75 Å². The Morgan fingerprint density at radius 3 is 2.57 bits per heavy atom. The Bertz CT molecular complexity index is 646. The van der Waals surface area contributed by atoms with Crippen molar-refractivity contribution in [2.24, 2.45) is 0 Å². The molecule has 122 valence electrons. The molecule has 23 heavy (non-hydrogen) atoms. The van der Waals surface area contributed by atoms with Crippen LogP contribution >= 0.6 is 11.8 Å². The van der Waals surface area contributed by atoms with E-state index in [4.69, 9.17) is 4.74 Å². The van der Waals surface area contributed by atoms with Crippen molar-refractivity contribution in [3.63, 3.8) is 0 Å². The number of nitrogens with zero attached hydrogens (tertiary/aromatic N) is 2. The van der Waals surface area contributed by atoms with Gasteiger partial charge in [0.25, 0.3) is 5.69 Å². The van der Waals surface area contributed by atoms with Crippen molar-refractivity contribution in [1.82, 2.24) is 4.90 Å². The zero-order valence-electron chi connectivity index (χ0n) is 12.0. The molecule has 1 saturated heterocycles. The molecule has 1 aliphatic heterocycles. The van der Waals surface area contributed by atoms with Crippen LogP contribution in [0.4, 0.5) is 10.5 Å². The molecule has 1 fully saturated rings. The smallest absolute Gasteiger partial charge is 0.374 e. The summed E-state index contributed by atoms with van der Waals surface area (Å²) in [5, 5.41) is 9.36. The number of hydrogen-bond donors (Lipinski definition) is 0. The highest BCUT2D eigenvalue weighted by atomic mass is 32.2. The maximum Gasteiger partial charge on any atom is 0.374 e. The Balaban J connectivity index is 1.88. The number of carbonyl (C=O) groups excluding carboxylic acids is 3. The average Bonchev–Trinajstić information content (AvgIpc) is 2.52. The standard InChI is InChI=1S/C13H12N2O7S/c1-21-12(17)7-14-10(16)6-11(14)23-13(18)22-9-4-2-8(3-5-9)15(19)20/h2-5,11H,6-7H2,1H3. The van der Waals surface area contributed by atoms with Gasteiger partial charge in [0.05, 0.1) is 23.8 Å². The first kappa shape index (κ1) is 16.7. The molecule has 0 aromatic heterocycles. The first-order valence-electron chi connectivity index (χ1n) is 6.40. The lowest BCUT2D eigenvalue weighted by Gasteiger charge is -2.37. The number of ether oxygens (including phenoxy) is 2. The Morgan fingerprint density at radius 2 is 2.04 bits per heavy atom. The van der Waals surface area contributed by atoms with Gasteiger partial charge in [0.15, 0.2) is 0 Å². The van der Waals surface area contributed by atoms with Crippen molar-refractivity contribution in [1.29, 1.82) is 0 Å². The lowest BCUT2D eigenvalue weighted by atomic mass is 10.2.